The van der Waals surface area contributed by atoms with Crippen molar-refractivity contribution in [3.8, 4) is 0 Å². The summed E-state index contributed by atoms with van der Waals surface area (Å²) in [5.41, 5.74) is 1.05. The summed E-state index contributed by atoms with van der Waals surface area (Å²) in [4.78, 5) is 6.56. The molecule has 0 saturated carbocycles. The Morgan fingerprint density at radius 3 is 2.44 bits per heavy atom. The van der Waals surface area contributed by atoms with E-state index >= 15 is 0 Å². The van der Waals surface area contributed by atoms with Gasteiger partial charge in [-0.3, -0.25) is 4.99 Å². The Balaban J connectivity index is 2.51. The van der Waals surface area contributed by atoms with Crippen LogP contribution in [-0.2, 0) is 6.54 Å². The molecule has 144 valence electrons. The summed E-state index contributed by atoms with van der Waals surface area (Å²) in [5, 5.41) is 10.9. The van der Waals surface area contributed by atoms with E-state index in [0.29, 0.717) is 24.4 Å². The first kappa shape index (κ1) is 21.5. The maximum Gasteiger partial charge on any atom is 0.191 e. The average Bonchev–Trinajstić information content (AvgIpc) is 3.03. The molecular weight excluding hydrogens is 314 g/mol. The van der Waals surface area contributed by atoms with Crippen molar-refractivity contribution >= 4 is 5.96 Å². The largest absolute Gasteiger partial charge is 0.359 e. The fourth-order valence-electron chi connectivity index (χ4n) is 2.94. The van der Waals surface area contributed by atoms with Gasteiger partial charge in [0.25, 0.3) is 0 Å². The fraction of sp³-hybridized carbons (Fsp3) is 0.789. The van der Waals surface area contributed by atoms with E-state index in [9.17, 15) is 0 Å². The van der Waals surface area contributed by atoms with Crippen molar-refractivity contribution in [2.75, 3.05) is 27.7 Å². The lowest BCUT2D eigenvalue weighted by Crippen LogP contribution is -2.45. The first-order valence-corrected chi connectivity index (χ1v) is 9.47. The molecule has 0 aliphatic rings. The zero-order valence-corrected chi connectivity index (χ0v) is 17.1. The number of aliphatic imine (C=N–C) groups is 1. The Morgan fingerprint density at radius 2 is 1.92 bits per heavy atom. The van der Waals surface area contributed by atoms with Crippen molar-refractivity contribution in [3.05, 3.63) is 17.5 Å². The van der Waals surface area contributed by atoms with E-state index in [2.05, 4.69) is 73.5 Å². The van der Waals surface area contributed by atoms with Gasteiger partial charge in [-0.15, -0.1) is 0 Å². The van der Waals surface area contributed by atoms with E-state index in [1.807, 2.05) is 0 Å². The second-order valence-electron chi connectivity index (χ2n) is 7.29. The molecule has 0 saturated heterocycles. The van der Waals surface area contributed by atoms with E-state index in [-0.39, 0.29) is 0 Å². The number of aromatic nitrogens is 1. The van der Waals surface area contributed by atoms with Crippen LogP contribution in [0.15, 0.2) is 15.6 Å². The van der Waals surface area contributed by atoms with Gasteiger partial charge in [-0.05, 0) is 39.3 Å². The third kappa shape index (κ3) is 7.46. The number of hydrogen-bond donors (Lipinski definition) is 2. The minimum absolute atomic E-state index is 0.477. The third-order valence-corrected chi connectivity index (χ3v) is 4.61. The van der Waals surface area contributed by atoms with Crippen molar-refractivity contribution < 1.29 is 4.52 Å². The fourth-order valence-corrected chi connectivity index (χ4v) is 2.94. The number of likely N-dealkylation sites (N-methyl/N-ethyl adjacent to an activating group) is 1. The minimum Gasteiger partial charge on any atom is -0.359 e. The Kier molecular flexibility index (Phi) is 9.57. The third-order valence-electron chi connectivity index (χ3n) is 4.61. The minimum atomic E-state index is 0.477. The van der Waals surface area contributed by atoms with Crippen molar-refractivity contribution in [1.29, 1.82) is 0 Å². The van der Waals surface area contributed by atoms with Crippen LogP contribution in [-0.4, -0.2) is 49.7 Å². The maximum absolute atomic E-state index is 5.46. The molecule has 1 unspecified atom stereocenters. The van der Waals surface area contributed by atoms with Crippen molar-refractivity contribution in [2.24, 2.45) is 10.9 Å². The van der Waals surface area contributed by atoms with Crippen LogP contribution in [0.4, 0.5) is 0 Å². The molecule has 1 rings (SSSR count). The molecule has 2 N–H and O–H groups in total. The summed E-state index contributed by atoms with van der Waals surface area (Å²) >= 11 is 0. The van der Waals surface area contributed by atoms with Crippen LogP contribution >= 0.6 is 0 Å². The van der Waals surface area contributed by atoms with Gasteiger partial charge >= 0.3 is 0 Å². The molecule has 0 fully saturated rings. The van der Waals surface area contributed by atoms with Crippen LogP contribution in [0.2, 0.25) is 0 Å². The van der Waals surface area contributed by atoms with E-state index < -0.39 is 0 Å². The number of nitrogens with one attached hydrogen (secondary N) is 2. The topological polar surface area (TPSA) is 65.7 Å². The lowest BCUT2D eigenvalue weighted by atomic mass is 9.99. The predicted molar refractivity (Wildman–Crippen MR) is 105 cm³/mol. The van der Waals surface area contributed by atoms with Crippen molar-refractivity contribution in [1.82, 2.24) is 20.7 Å². The number of rotatable bonds is 10. The summed E-state index contributed by atoms with van der Waals surface area (Å²) in [5.74, 6) is 2.78. The van der Waals surface area contributed by atoms with Gasteiger partial charge in [0.15, 0.2) is 11.7 Å². The highest BCUT2D eigenvalue weighted by Gasteiger charge is 2.15. The summed E-state index contributed by atoms with van der Waals surface area (Å²) in [6.45, 7) is 10.3. The lowest BCUT2D eigenvalue weighted by Gasteiger charge is -2.27. The number of hydrogen-bond acceptors (Lipinski definition) is 4. The first-order chi connectivity index (χ1) is 11.9. The van der Waals surface area contributed by atoms with Crippen LogP contribution in [0.1, 0.15) is 64.3 Å². The monoisotopic (exact) mass is 351 g/mol. The zero-order chi connectivity index (χ0) is 18.8. The Bertz CT molecular complexity index is 506. The Labute approximate surface area is 153 Å². The van der Waals surface area contributed by atoms with Crippen LogP contribution in [0.3, 0.4) is 0 Å². The molecule has 25 heavy (non-hydrogen) atoms. The quantitative estimate of drug-likeness (QED) is 0.500. The molecule has 0 spiro atoms. The second-order valence-corrected chi connectivity index (χ2v) is 7.29. The van der Waals surface area contributed by atoms with Crippen LogP contribution in [0, 0.1) is 5.92 Å². The molecule has 1 atom stereocenters. The van der Waals surface area contributed by atoms with Gasteiger partial charge in [-0.2, -0.15) is 0 Å². The van der Waals surface area contributed by atoms with Gasteiger partial charge in [0.1, 0.15) is 0 Å². The van der Waals surface area contributed by atoms with Gasteiger partial charge < -0.3 is 20.1 Å². The van der Waals surface area contributed by atoms with Gasteiger partial charge in [-0.1, -0.05) is 32.9 Å². The molecular formula is C19H37N5O. The standard InChI is InChI=1S/C19H37N5O/c1-8-15(9-2)18-11-17(25-23-18)13-22-19(20-5)21-12-16(24(6)7)10-14(3)4/h11,14-16H,8-10,12-13H2,1-7H3,(H2,20,21,22). The Morgan fingerprint density at radius 1 is 1.24 bits per heavy atom. The summed E-state index contributed by atoms with van der Waals surface area (Å²) < 4.78 is 5.46. The van der Waals surface area contributed by atoms with Crippen molar-refractivity contribution in [3.63, 3.8) is 0 Å². The first-order valence-electron chi connectivity index (χ1n) is 9.47. The predicted octanol–water partition coefficient (Wildman–Crippen LogP) is 3.22. The molecule has 0 radical (unpaired) electrons. The van der Waals surface area contributed by atoms with Gasteiger partial charge in [0.05, 0.1) is 12.2 Å². The highest BCUT2D eigenvalue weighted by atomic mass is 16.5. The van der Waals surface area contributed by atoms with E-state index in [4.69, 9.17) is 4.52 Å². The molecule has 1 aromatic rings. The van der Waals surface area contributed by atoms with E-state index in [1.165, 1.54) is 0 Å². The van der Waals surface area contributed by atoms with E-state index in [1.54, 1.807) is 7.05 Å². The molecule has 0 aromatic carbocycles. The van der Waals surface area contributed by atoms with Gasteiger partial charge in [0.2, 0.25) is 0 Å². The summed E-state index contributed by atoms with van der Waals surface area (Å²) in [6, 6.07) is 2.53. The van der Waals surface area contributed by atoms with E-state index in [0.717, 1.165) is 43.2 Å². The highest BCUT2D eigenvalue weighted by molar-refractivity contribution is 5.79. The summed E-state index contributed by atoms with van der Waals surface area (Å²) in [6.07, 6.45) is 3.32. The number of nitrogens with zero attached hydrogens (tertiary/aromatic N) is 3. The van der Waals surface area contributed by atoms with Gasteiger partial charge in [-0.25, -0.2) is 0 Å². The SMILES string of the molecule is CCC(CC)c1cc(CNC(=NC)NCC(CC(C)C)N(C)C)on1. The van der Waals surface area contributed by atoms with Gasteiger partial charge in [0, 0.05) is 31.6 Å². The smallest absolute Gasteiger partial charge is 0.191 e. The Hall–Kier alpha value is -1.56. The molecule has 1 aromatic heterocycles. The normalized spacial score (nSPS) is 13.8. The van der Waals surface area contributed by atoms with Crippen LogP contribution in [0.5, 0.6) is 0 Å². The van der Waals surface area contributed by atoms with Crippen LogP contribution in [0.25, 0.3) is 0 Å². The molecule has 6 heteroatoms. The zero-order valence-electron chi connectivity index (χ0n) is 17.1. The molecule has 0 aliphatic heterocycles. The molecule has 6 nitrogen and oxygen atoms in total. The molecule has 0 amide bonds. The highest BCUT2D eigenvalue weighted by Crippen LogP contribution is 2.22. The second kappa shape index (κ2) is 11.1. The van der Waals surface area contributed by atoms with Crippen molar-refractivity contribution in [2.45, 2.75) is 65.5 Å². The lowest BCUT2D eigenvalue weighted by molar-refractivity contribution is 0.254. The molecule has 0 bridgehead atoms. The maximum atomic E-state index is 5.46. The average molecular weight is 352 g/mol. The molecule has 0 aliphatic carbocycles. The molecule has 1 heterocycles. The summed E-state index contributed by atoms with van der Waals surface area (Å²) in [7, 11) is 6.04. The van der Waals surface area contributed by atoms with Crippen LogP contribution < -0.4 is 10.6 Å². The number of guanidine groups is 1.